The van der Waals surface area contributed by atoms with Gasteiger partial charge < -0.3 is 10.1 Å². The maximum Gasteiger partial charge on any atom is 0.221 e. The predicted octanol–water partition coefficient (Wildman–Crippen LogP) is 2.34. The molecule has 1 aromatic rings. The Morgan fingerprint density at radius 2 is 2.44 bits per heavy atom. The lowest BCUT2D eigenvalue weighted by Gasteiger charge is -2.05. The molecule has 1 rings (SSSR count). The SMILES string of the molecule is C=CC=NC=C(C=N)c1cccnc1OC. The average Bonchev–Trinajstić information content (AvgIpc) is 2.35. The summed E-state index contributed by atoms with van der Waals surface area (Å²) < 4.78 is 5.11. The molecule has 0 bridgehead atoms. The van der Waals surface area contributed by atoms with E-state index in [1.165, 1.54) is 6.21 Å². The topological polar surface area (TPSA) is 58.3 Å². The molecule has 0 aliphatic heterocycles. The Labute approximate surface area is 94.5 Å². The molecule has 4 nitrogen and oxygen atoms in total. The maximum atomic E-state index is 7.33. The van der Waals surface area contributed by atoms with Crippen molar-refractivity contribution < 1.29 is 4.74 Å². The highest BCUT2D eigenvalue weighted by molar-refractivity contribution is 6.09. The number of rotatable bonds is 5. The predicted molar refractivity (Wildman–Crippen MR) is 66.2 cm³/mol. The molecule has 4 heteroatoms. The van der Waals surface area contributed by atoms with Crippen molar-refractivity contribution in [2.24, 2.45) is 4.99 Å². The molecule has 0 aromatic carbocycles. The van der Waals surface area contributed by atoms with Gasteiger partial charge in [-0.3, -0.25) is 4.99 Å². The Bertz CT molecular complexity index is 436. The van der Waals surface area contributed by atoms with Crippen LogP contribution in [0.25, 0.3) is 5.57 Å². The van der Waals surface area contributed by atoms with Crippen molar-refractivity contribution in [3.63, 3.8) is 0 Å². The van der Waals surface area contributed by atoms with Gasteiger partial charge in [0.25, 0.3) is 0 Å². The Balaban J connectivity index is 3.12. The summed E-state index contributed by atoms with van der Waals surface area (Å²) in [6.45, 7) is 3.52. The molecule has 0 amide bonds. The van der Waals surface area contributed by atoms with E-state index in [0.717, 1.165) is 5.56 Å². The molecule has 1 N–H and O–H groups in total. The second-order valence-corrected chi connectivity index (χ2v) is 2.82. The van der Waals surface area contributed by atoms with E-state index in [4.69, 9.17) is 10.1 Å². The van der Waals surface area contributed by atoms with Gasteiger partial charge in [-0.2, -0.15) is 0 Å². The van der Waals surface area contributed by atoms with Crippen molar-refractivity contribution >= 4 is 18.0 Å². The molecule has 0 spiro atoms. The Morgan fingerprint density at radius 3 is 3.06 bits per heavy atom. The summed E-state index contributed by atoms with van der Waals surface area (Å²) in [6, 6.07) is 3.61. The molecule has 0 aliphatic rings. The summed E-state index contributed by atoms with van der Waals surface area (Å²) in [5.74, 6) is 0.478. The molecule has 82 valence electrons. The highest BCUT2D eigenvalue weighted by Gasteiger charge is 2.06. The first-order chi connectivity index (χ1) is 7.83. The van der Waals surface area contributed by atoms with Crippen LogP contribution in [0.1, 0.15) is 5.56 Å². The molecule has 0 atom stereocenters. The van der Waals surface area contributed by atoms with Crippen LogP contribution >= 0.6 is 0 Å². The lowest BCUT2D eigenvalue weighted by atomic mass is 10.1. The summed E-state index contributed by atoms with van der Waals surface area (Å²) in [5.41, 5.74) is 1.37. The van der Waals surface area contributed by atoms with Gasteiger partial charge in [0.2, 0.25) is 5.88 Å². The molecule has 0 fully saturated rings. The summed E-state index contributed by atoms with van der Waals surface area (Å²) in [5, 5.41) is 7.33. The van der Waals surface area contributed by atoms with Crippen LogP contribution in [0.4, 0.5) is 0 Å². The maximum absolute atomic E-state index is 7.33. The quantitative estimate of drug-likeness (QED) is 0.766. The Morgan fingerprint density at radius 1 is 1.62 bits per heavy atom. The van der Waals surface area contributed by atoms with Gasteiger partial charge in [-0.1, -0.05) is 12.7 Å². The minimum absolute atomic E-state index is 0.478. The summed E-state index contributed by atoms with van der Waals surface area (Å²) in [6.07, 6.45) is 7.52. The fourth-order valence-electron chi connectivity index (χ4n) is 1.14. The van der Waals surface area contributed by atoms with E-state index < -0.39 is 0 Å². The standard InChI is InChI=1S/C12H13N3O/c1-3-6-14-9-10(8-13)11-5-4-7-15-12(11)16-2/h3-9,13H,1H2,2H3. The number of hydrogen-bond donors (Lipinski definition) is 1. The van der Waals surface area contributed by atoms with E-state index in [1.54, 1.807) is 37.9 Å². The number of aromatic nitrogens is 1. The van der Waals surface area contributed by atoms with Crippen LogP contribution < -0.4 is 4.74 Å². The summed E-state index contributed by atoms with van der Waals surface area (Å²) in [7, 11) is 1.54. The van der Waals surface area contributed by atoms with Crippen LogP contribution in [0.3, 0.4) is 0 Å². The molecular weight excluding hydrogens is 202 g/mol. The van der Waals surface area contributed by atoms with Crippen molar-refractivity contribution in [2.45, 2.75) is 0 Å². The number of aliphatic imine (C=N–C) groups is 1. The first-order valence-electron chi connectivity index (χ1n) is 4.67. The number of ether oxygens (including phenoxy) is 1. The van der Waals surface area contributed by atoms with E-state index in [-0.39, 0.29) is 0 Å². The molecule has 0 radical (unpaired) electrons. The van der Waals surface area contributed by atoms with Crippen LogP contribution in [-0.2, 0) is 0 Å². The zero-order chi connectivity index (χ0) is 11.8. The number of nitrogens with one attached hydrogen (secondary N) is 1. The fourth-order valence-corrected chi connectivity index (χ4v) is 1.14. The molecule has 1 heterocycles. The van der Waals surface area contributed by atoms with Crippen LogP contribution in [0.15, 0.2) is 42.2 Å². The molecule has 0 aliphatic carbocycles. The summed E-state index contributed by atoms with van der Waals surface area (Å²) >= 11 is 0. The Hall–Kier alpha value is -2.23. The highest BCUT2D eigenvalue weighted by Crippen LogP contribution is 2.21. The number of nitrogens with zero attached hydrogens (tertiary/aromatic N) is 2. The van der Waals surface area contributed by atoms with Gasteiger partial charge in [0.1, 0.15) is 0 Å². The van der Waals surface area contributed by atoms with Crippen molar-refractivity contribution in [3.05, 3.63) is 42.7 Å². The largest absolute Gasteiger partial charge is 0.481 e. The van der Waals surface area contributed by atoms with Gasteiger partial charge in [0.15, 0.2) is 0 Å². The van der Waals surface area contributed by atoms with Gasteiger partial charge >= 0.3 is 0 Å². The lowest BCUT2D eigenvalue weighted by Crippen LogP contribution is -1.94. The number of pyridine rings is 1. The monoisotopic (exact) mass is 215 g/mol. The van der Waals surface area contributed by atoms with E-state index in [0.29, 0.717) is 11.5 Å². The molecule has 0 saturated carbocycles. The molecule has 0 saturated heterocycles. The van der Waals surface area contributed by atoms with Crippen LogP contribution in [0.5, 0.6) is 5.88 Å². The van der Waals surface area contributed by atoms with Crippen molar-refractivity contribution in [3.8, 4) is 5.88 Å². The van der Waals surface area contributed by atoms with Gasteiger partial charge in [-0.05, 0) is 12.1 Å². The smallest absolute Gasteiger partial charge is 0.221 e. The van der Waals surface area contributed by atoms with Gasteiger partial charge in [-0.25, -0.2) is 4.98 Å². The Kier molecular flexibility index (Phi) is 4.66. The second-order valence-electron chi connectivity index (χ2n) is 2.82. The van der Waals surface area contributed by atoms with E-state index >= 15 is 0 Å². The molecule has 0 unspecified atom stereocenters. The van der Waals surface area contributed by atoms with E-state index in [1.807, 2.05) is 6.07 Å². The molecular formula is C12H13N3O. The summed E-state index contributed by atoms with van der Waals surface area (Å²) in [4.78, 5) is 8.03. The highest BCUT2D eigenvalue weighted by atomic mass is 16.5. The van der Waals surface area contributed by atoms with Crippen molar-refractivity contribution in [1.82, 2.24) is 4.98 Å². The number of hydrogen-bond acceptors (Lipinski definition) is 4. The third-order valence-electron chi connectivity index (χ3n) is 1.84. The van der Waals surface area contributed by atoms with E-state index in [9.17, 15) is 0 Å². The minimum atomic E-state index is 0.478. The molecule has 16 heavy (non-hydrogen) atoms. The normalized spacial score (nSPS) is 11.4. The van der Waals surface area contributed by atoms with Crippen molar-refractivity contribution in [2.75, 3.05) is 7.11 Å². The second kappa shape index (κ2) is 6.29. The van der Waals surface area contributed by atoms with Gasteiger partial charge in [0, 0.05) is 36.0 Å². The zero-order valence-electron chi connectivity index (χ0n) is 9.05. The minimum Gasteiger partial charge on any atom is -0.481 e. The van der Waals surface area contributed by atoms with Crippen LogP contribution in [-0.4, -0.2) is 24.5 Å². The molecule has 1 aromatic heterocycles. The van der Waals surface area contributed by atoms with Crippen molar-refractivity contribution in [1.29, 1.82) is 5.41 Å². The first-order valence-corrected chi connectivity index (χ1v) is 4.67. The third kappa shape index (κ3) is 2.88. The zero-order valence-corrected chi connectivity index (χ0v) is 9.05. The average molecular weight is 215 g/mol. The van der Waals surface area contributed by atoms with Crippen LogP contribution in [0, 0.1) is 5.41 Å². The van der Waals surface area contributed by atoms with Crippen LogP contribution in [0.2, 0.25) is 0 Å². The third-order valence-corrected chi connectivity index (χ3v) is 1.84. The fraction of sp³-hybridized carbons (Fsp3) is 0.0833. The lowest BCUT2D eigenvalue weighted by molar-refractivity contribution is 0.396. The first kappa shape index (κ1) is 11.8. The number of allylic oxidation sites excluding steroid dienone is 2. The van der Waals surface area contributed by atoms with Gasteiger partial charge in [0.05, 0.1) is 7.11 Å². The van der Waals surface area contributed by atoms with Gasteiger partial charge in [-0.15, -0.1) is 0 Å². The number of methoxy groups -OCH3 is 1. The van der Waals surface area contributed by atoms with E-state index in [2.05, 4.69) is 16.6 Å².